The summed E-state index contributed by atoms with van der Waals surface area (Å²) >= 11 is 1.62. The molecule has 84 valence electrons. The minimum atomic E-state index is -0.472. The van der Waals surface area contributed by atoms with Crippen LogP contribution in [0.1, 0.15) is 6.92 Å². The summed E-state index contributed by atoms with van der Waals surface area (Å²) in [5, 5.41) is 8.58. The van der Waals surface area contributed by atoms with Crippen molar-refractivity contribution in [2.75, 3.05) is 26.0 Å². The second-order valence-electron chi connectivity index (χ2n) is 2.67. The highest BCUT2D eigenvalue weighted by Crippen LogP contribution is 2.12. The van der Waals surface area contributed by atoms with Gasteiger partial charge in [-0.2, -0.15) is 0 Å². The number of ether oxygens (including phenoxy) is 1. The van der Waals surface area contributed by atoms with Crippen LogP contribution in [0.2, 0.25) is 0 Å². The Labute approximate surface area is 92.9 Å². The molecular weight excluding hydrogens is 216 g/mol. The minimum absolute atomic E-state index is 0.187. The molecular formula is C9H14N2O3S. The van der Waals surface area contributed by atoms with Crippen LogP contribution in [0, 0.1) is 0 Å². The van der Waals surface area contributed by atoms with Gasteiger partial charge in [-0.3, -0.25) is 0 Å². The van der Waals surface area contributed by atoms with E-state index in [0.717, 1.165) is 12.3 Å². The van der Waals surface area contributed by atoms with Gasteiger partial charge in [0.05, 0.1) is 12.3 Å². The van der Waals surface area contributed by atoms with Crippen molar-refractivity contribution in [1.82, 2.24) is 5.32 Å². The smallest absolute Gasteiger partial charge is 0.362 e. The maximum absolute atomic E-state index is 11.5. The highest BCUT2D eigenvalue weighted by Gasteiger charge is 2.20. The van der Waals surface area contributed by atoms with Crippen LogP contribution in [-0.2, 0) is 14.4 Å². The molecule has 0 atom stereocenters. The van der Waals surface area contributed by atoms with E-state index in [1.807, 2.05) is 5.41 Å². The zero-order valence-corrected chi connectivity index (χ0v) is 9.60. The van der Waals surface area contributed by atoms with Gasteiger partial charge in [-0.1, -0.05) is 5.16 Å². The number of carbonyl (C=O) groups excluding carboxylic acids is 1. The van der Waals surface area contributed by atoms with Crippen molar-refractivity contribution in [2.24, 2.45) is 5.16 Å². The molecule has 0 spiro atoms. The van der Waals surface area contributed by atoms with Gasteiger partial charge >= 0.3 is 5.97 Å². The van der Waals surface area contributed by atoms with Crippen LogP contribution in [0.3, 0.4) is 0 Å². The van der Waals surface area contributed by atoms with E-state index in [1.165, 1.54) is 7.11 Å². The van der Waals surface area contributed by atoms with Crippen LogP contribution in [-0.4, -0.2) is 37.7 Å². The lowest BCUT2D eigenvalue weighted by atomic mass is 10.3. The molecule has 0 saturated heterocycles. The van der Waals surface area contributed by atoms with Gasteiger partial charge in [-0.05, 0) is 12.3 Å². The molecule has 0 fully saturated rings. The zero-order chi connectivity index (χ0) is 11.1. The van der Waals surface area contributed by atoms with Crippen molar-refractivity contribution in [1.29, 1.82) is 0 Å². The summed E-state index contributed by atoms with van der Waals surface area (Å²) in [6.07, 6.45) is 0. The lowest BCUT2D eigenvalue weighted by molar-refractivity contribution is -0.135. The maximum Gasteiger partial charge on any atom is 0.362 e. The third kappa shape index (κ3) is 3.47. The van der Waals surface area contributed by atoms with Crippen molar-refractivity contribution in [3.05, 3.63) is 11.1 Å². The standard InChI is InChI=1S/C9H14N2O3S/c1-3-14-9(12)8(11-13-2)7-6-15-5-4-10-7/h6,10H,3-5H2,1-2H3. The molecule has 0 aromatic heterocycles. The van der Waals surface area contributed by atoms with Gasteiger partial charge in [-0.25, -0.2) is 4.79 Å². The summed E-state index contributed by atoms with van der Waals surface area (Å²) in [6, 6.07) is 0. The number of nitrogens with one attached hydrogen (secondary N) is 1. The summed E-state index contributed by atoms with van der Waals surface area (Å²) < 4.78 is 4.87. The fraction of sp³-hybridized carbons (Fsp3) is 0.556. The molecule has 1 aliphatic rings. The Morgan fingerprint density at radius 3 is 3.07 bits per heavy atom. The highest BCUT2D eigenvalue weighted by molar-refractivity contribution is 8.02. The van der Waals surface area contributed by atoms with Crippen LogP contribution >= 0.6 is 11.8 Å². The van der Waals surface area contributed by atoms with Gasteiger partial charge in [0, 0.05) is 12.3 Å². The molecule has 1 aliphatic heterocycles. The SMILES string of the molecule is CCOC(=O)C(=NOC)C1=CSCCN1. The maximum atomic E-state index is 11.5. The van der Waals surface area contributed by atoms with E-state index in [4.69, 9.17) is 4.74 Å². The lowest BCUT2D eigenvalue weighted by Gasteiger charge is -2.15. The molecule has 1 N–H and O–H groups in total. The first-order chi connectivity index (χ1) is 7.29. The Balaban J connectivity index is 2.77. The van der Waals surface area contributed by atoms with Crippen LogP contribution in [0.5, 0.6) is 0 Å². The number of nitrogens with zero attached hydrogens (tertiary/aromatic N) is 1. The third-order valence-corrected chi connectivity index (χ3v) is 2.49. The third-order valence-electron chi connectivity index (χ3n) is 1.64. The molecule has 5 nitrogen and oxygen atoms in total. The van der Waals surface area contributed by atoms with Crippen LogP contribution in [0.25, 0.3) is 0 Å². The van der Waals surface area contributed by atoms with Gasteiger partial charge in [-0.15, -0.1) is 11.8 Å². The first-order valence-corrected chi connectivity index (χ1v) is 5.68. The zero-order valence-electron chi connectivity index (χ0n) is 8.78. The van der Waals surface area contributed by atoms with E-state index in [0.29, 0.717) is 12.3 Å². The number of oxime groups is 1. The number of hydrogen-bond donors (Lipinski definition) is 1. The molecule has 0 aromatic rings. The summed E-state index contributed by atoms with van der Waals surface area (Å²) in [5.41, 5.74) is 0.845. The number of thioether (sulfide) groups is 1. The quantitative estimate of drug-likeness (QED) is 0.438. The Morgan fingerprint density at radius 2 is 2.53 bits per heavy atom. The van der Waals surface area contributed by atoms with E-state index in [1.54, 1.807) is 18.7 Å². The fourth-order valence-corrected chi connectivity index (χ4v) is 1.75. The van der Waals surface area contributed by atoms with Crippen LogP contribution < -0.4 is 5.32 Å². The van der Waals surface area contributed by atoms with Gasteiger partial charge in [0.15, 0.2) is 0 Å². The van der Waals surface area contributed by atoms with Crippen LogP contribution in [0.15, 0.2) is 16.3 Å². The van der Waals surface area contributed by atoms with Crippen molar-refractivity contribution >= 4 is 23.4 Å². The molecule has 0 unspecified atom stereocenters. The van der Waals surface area contributed by atoms with E-state index in [-0.39, 0.29) is 5.71 Å². The molecule has 1 heterocycles. The van der Waals surface area contributed by atoms with E-state index >= 15 is 0 Å². The van der Waals surface area contributed by atoms with Crippen LogP contribution in [0.4, 0.5) is 0 Å². The predicted octanol–water partition coefficient (Wildman–Crippen LogP) is 0.730. The molecule has 0 aliphatic carbocycles. The van der Waals surface area contributed by atoms with Gasteiger partial charge in [0.1, 0.15) is 7.11 Å². The Kier molecular flexibility index (Phi) is 5.03. The lowest BCUT2D eigenvalue weighted by Crippen LogP contribution is -2.31. The molecule has 15 heavy (non-hydrogen) atoms. The Bertz CT molecular complexity index is 289. The molecule has 0 bridgehead atoms. The van der Waals surface area contributed by atoms with Gasteiger partial charge in [0.2, 0.25) is 5.71 Å². The second kappa shape index (κ2) is 6.34. The normalized spacial score (nSPS) is 16.4. The predicted molar refractivity (Wildman–Crippen MR) is 59.6 cm³/mol. The average molecular weight is 230 g/mol. The summed E-state index contributed by atoms with van der Waals surface area (Å²) in [5.74, 6) is 0.507. The monoisotopic (exact) mass is 230 g/mol. The summed E-state index contributed by atoms with van der Waals surface area (Å²) in [6.45, 7) is 2.88. The number of rotatable bonds is 4. The molecule has 6 heteroatoms. The Hall–Kier alpha value is -1.17. The average Bonchev–Trinajstić information content (AvgIpc) is 2.27. The first kappa shape index (κ1) is 11.9. The van der Waals surface area contributed by atoms with Crippen molar-refractivity contribution in [2.45, 2.75) is 6.92 Å². The highest BCUT2D eigenvalue weighted by atomic mass is 32.2. The van der Waals surface area contributed by atoms with Crippen molar-refractivity contribution in [3.8, 4) is 0 Å². The minimum Gasteiger partial charge on any atom is -0.461 e. The van der Waals surface area contributed by atoms with Crippen molar-refractivity contribution in [3.63, 3.8) is 0 Å². The topological polar surface area (TPSA) is 59.9 Å². The molecule has 0 radical (unpaired) electrons. The molecule has 0 aromatic carbocycles. The Morgan fingerprint density at radius 1 is 1.73 bits per heavy atom. The largest absolute Gasteiger partial charge is 0.461 e. The summed E-state index contributed by atoms with van der Waals surface area (Å²) in [7, 11) is 1.40. The second-order valence-corrected chi connectivity index (χ2v) is 3.65. The number of carbonyl (C=O) groups is 1. The van der Waals surface area contributed by atoms with E-state index in [2.05, 4.69) is 15.3 Å². The van der Waals surface area contributed by atoms with E-state index < -0.39 is 5.97 Å². The van der Waals surface area contributed by atoms with Gasteiger partial charge in [0.25, 0.3) is 0 Å². The van der Waals surface area contributed by atoms with E-state index in [9.17, 15) is 4.79 Å². The number of esters is 1. The van der Waals surface area contributed by atoms with Gasteiger partial charge < -0.3 is 14.9 Å². The summed E-state index contributed by atoms with van der Waals surface area (Å²) in [4.78, 5) is 16.1. The first-order valence-electron chi connectivity index (χ1n) is 4.64. The molecule has 0 saturated carbocycles. The fourth-order valence-electron chi connectivity index (χ4n) is 1.06. The molecule has 1 rings (SSSR count). The van der Waals surface area contributed by atoms with Crippen molar-refractivity contribution < 1.29 is 14.4 Å². The molecule has 0 amide bonds. The number of hydrogen-bond acceptors (Lipinski definition) is 6.